The molecule has 1 fully saturated rings. The number of carbonyl (C=O) groups excluding carboxylic acids is 2. The Balaban J connectivity index is 1.32. The van der Waals surface area contributed by atoms with Gasteiger partial charge in [-0.25, -0.2) is 9.59 Å². The van der Waals surface area contributed by atoms with Crippen LogP contribution in [0.1, 0.15) is 58.9 Å². The van der Waals surface area contributed by atoms with Crippen molar-refractivity contribution in [3.8, 4) is 0 Å². The van der Waals surface area contributed by atoms with Crippen molar-refractivity contribution in [3.05, 3.63) is 131 Å². The number of urea groups is 1. The number of ether oxygens (including phenoxy) is 2. The molecule has 1 aliphatic heterocycles. The van der Waals surface area contributed by atoms with Gasteiger partial charge >= 0.3 is 12.0 Å². The number of Topliss-reactive ketones (excluding diaryl/α,β-unsaturated/α-hetero) is 1. The Bertz CT molecular complexity index is 1660. The van der Waals surface area contributed by atoms with Crippen LogP contribution in [0.15, 0.2) is 108 Å². The Kier molecular flexibility index (Phi) is 11.4. The topological polar surface area (TPSA) is 134 Å². The summed E-state index contributed by atoms with van der Waals surface area (Å²) in [6, 6.07) is 30.0. The number of aliphatic hydroxyl groups is 1. The summed E-state index contributed by atoms with van der Waals surface area (Å²) in [5.74, 6) is -0.568. The summed E-state index contributed by atoms with van der Waals surface area (Å²) in [4.78, 5) is 37.5. The normalized spacial score (nSPS) is 19.8. The van der Waals surface area contributed by atoms with Gasteiger partial charge in [0.25, 0.3) is 0 Å². The van der Waals surface area contributed by atoms with Crippen molar-refractivity contribution in [1.82, 2.24) is 5.32 Å². The fraction of sp³-hybridized carbons (Fsp3) is 0.270. The summed E-state index contributed by atoms with van der Waals surface area (Å²) in [6.07, 6.45) is -0.929. The van der Waals surface area contributed by atoms with Crippen molar-refractivity contribution < 1.29 is 34.1 Å². The molecule has 0 spiro atoms. The molecule has 1 aliphatic rings. The smallest absolute Gasteiger partial charge is 0.335 e. The van der Waals surface area contributed by atoms with Crippen LogP contribution in [0.2, 0.25) is 0 Å². The van der Waals surface area contributed by atoms with Crippen molar-refractivity contribution in [2.24, 2.45) is 5.92 Å². The van der Waals surface area contributed by atoms with Crippen LogP contribution in [0, 0.1) is 5.92 Å². The molecule has 9 nitrogen and oxygen atoms in total. The number of hydrogen-bond acceptors (Lipinski definition) is 7. The lowest BCUT2D eigenvalue weighted by Crippen LogP contribution is -2.43. The van der Waals surface area contributed by atoms with Crippen LogP contribution in [0.5, 0.6) is 0 Å². The molecule has 10 heteroatoms. The minimum Gasteiger partial charge on any atom is -0.478 e. The first-order valence-electron chi connectivity index (χ1n) is 15.4. The van der Waals surface area contributed by atoms with E-state index in [9.17, 15) is 24.6 Å². The molecule has 4 aromatic carbocycles. The van der Waals surface area contributed by atoms with Gasteiger partial charge in [0, 0.05) is 27.8 Å². The van der Waals surface area contributed by atoms with E-state index in [0.717, 1.165) is 21.6 Å². The van der Waals surface area contributed by atoms with Gasteiger partial charge in [-0.15, -0.1) is 11.8 Å². The third-order valence-corrected chi connectivity index (χ3v) is 9.23. The van der Waals surface area contributed by atoms with E-state index in [1.165, 1.54) is 6.92 Å². The number of carboxylic acid groups (broad SMARTS) is 1. The molecule has 5 rings (SSSR count). The minimum absolute atomic E-state index is 0.0442. The van der Waals surface area contributed by atoms with Gasteiger partial charge in [-0.05, 0) is 66.4 Å². The largest absolute Gasteiger partial charge is 0.478 e. The third-order valence-electron chi connectivity index (χ3n) is 8.13. The number of carboxylic acids is 1. The highest BCUT2D eigenvalue weighted by atomic mass is 32.2. The summed E-state index contributed by atoms with van der Waals surface area (Å²) in [6.45, 7) is 3.48. The molecular formula is C37H38N2O7S. The van der Waals surface area contributed by atoms with E-state index in [2.05, 4.69) is 17.6 Å². The summed E-state index contributed by atoms with van der Waals surface area (Å²) in [5.41, 5.74) is 4.15. The van der Waals surface area contributed by atoms with Crippen LogP contribution in [0.3, 0.4) is 0 Å². The number of anilines is 1. The van der Waals surface area contributed by atoms with Gasteiger partial charge in [0.2, 0.25) is 0 Å². The lowest BCUT2D eigenvalue weighted by molar-refractivity contribution is -0.268. The monoisotopic (exact) mass is 654 g/mol. The summed E-state index contributed by atoms with van der Waals surface area (Å²) in [5, 5.41) is 24.4. The van der Waals surface area contributed by atoms with E-state index in [-0.39, 0.29) is 36.1 Å². The third kappa shape index (κ3) is 9.08. The number of amides is 2. The molecule has 244 valence electrons. The van der Waals surface area contributed by atoms with Crippen LogP contribution < -0.4 is 10.6 Å². The zero-order valence-electron chi connectivity index (χ0n) is 26.2. The molecule has 47 heavy (non-hydrogen) atoms. The van der Waals surface area contributed by atoms with Gasteiger partial charge in [0.1, 0.15) is 0 Å². The SMILES string of the molecule is CC(=O)C(Cc1ccccc1)NC(=O)Nc1cccc(C2OC(CSc3ccc(C(=O)O)cc3)C(C)C(c3ccc(CO)cc3)O2)c1. The molecule has 2 amide bonds. The minimum atomic E-state index is -0.971. The van der Waals surface area contributed by atoms with E-state index in [4.69, 9.17) is 9.47 Å². The molecule has 0 radical (unpaired) electrons. The quantitative estimate of drug-likeness (QED) is 0.123. The molecule has 4 aromatic rings. The Morgan fingerprint density at radius 3 is 2.23 bits per heavy atom. The van der Waals surface area contributed by atoms with Gasteiger partial charge in [0.05, 0.1) is 30.4 Å². The number of rotatable bonds is 12. The van der Waals surface area contributed by atoms with Crippen LogP contribution in [0.25, 0.3) is 0 Å². The van der Waals surface area contributed by atoms with E-state index in [1.54, 1.807) is 54.2 Å². The summed E-state index contributed by atoms with van der Waals surface area (Å²) < 4.78 is 13.1. The number of ketones is 1. The Morgan fingerprint density at radius 2 is 1.57 bits per heavy atom. The molecule has 1 saturated heterocycles. The second-order valence-electron chi connectivity index (χ2n) is 11.5. The molecular weight excluding hydrogens is 616 g/mol. The number of benzene rings is 4. The number of thioether (sulfide) groups is 1. The first kappa shape index (κ1) is 33.9. The standard InChI is InChI=1S/C37H38N2O7S/c1-23-33(22-47-31-17-15-28(16-18-31)35(42)43)45-36(46-34(23)27-13-11-26(21-40)12-14-27)29-9-6-10-30(20-29)38-37(44)39-32(24(2)41)19-25-7-4-3-5-8-25/h3-18,20,23,32-34,36,40H,19,21-22H2,1-2H3,(H,42,43)(H2,38,39,44). The van der Waals surface area contributed by atoms with Crippen LogP contribution in [-0.4, -0.2) is 45.9 Å². The average molecular weight is 655 g/mol. The molecule has 0 aromatic heterocycles. The molecule has 5 atom stereocenters. The molecule has 4 N–H and O–H groups in total. The van der Waals surface area contributed by atoms with Gasteiger partial charge < -0.3 is 30.3 Å². The summed E-state index contributed by atoms with van der Waals surface area (Å²) in [7, 11) is 0. The van der Waals surface area contributed by atoms with Crippen molar-refractivity contribution >= 4 is 35.2 Å². The first-order valence-corrected chi connectivity index (χ1v) is 16.4. The highest BCUT2D eigenvalue weighted by Crippen LogP contribution is 2.43. The fourth-order valence-corrected chi connectivity index (χ4v) is 6.48. The highest BCUT2D eigenvalue weighted by Gasteiger charge is 2.38. The van der Waals surface area contributed by atoms with Gasteiger partial charge in [0.15, 0.2) is 12.1 Å². The van der Waals surface area contributed by atoms with Crippen molar-refractivity contribution in [1.29, 1.82) is 0 Å². The van der Waals surface area contributed by atoms with E-state index >= 15 is 0 Å². The Morgan fingerprint density at radius 1 is 0.851 bits per heavy atom. The average Bonchev–Trinajstić information content (AvgIpc) is 3.08. The second kappa shape index (κ2) is 15.9. The number of aromatic carboxylic acids is 1. The zero-order valence-corrected chi connectivity index (χ0v) is 27.0. The molecule has 0 aliphatic carbocycles. The lowest BCUT2D eigenvalue weighted by atomic mass is 9.91. The maximum Gasteiger partial charge on any atom is 0.335 e. The van der Waals surface area contributed by atoms with E-state index < -0.39 is 24.3 Å². The molecule has 5 unspecified atom stereocenters. The molecule has 0 bridgehead atoms. The highest BCUT2D eigenvalue weighted by molar-refractivity contribution is 7.99. The maximum absolute atomic E-state index is 13.0. The zero-order chi connectivity index (χ0) is 33.3. The number of hydrogen-bond donors (Lipinski definition) is 4. The number of aliphatic hydroxyl groups excluding tert-OH is 1. The lowest BCUT2D eigenvalue weighted by Gasteiger charge is -2.41. The first-order chi connectivity index (χ1) is 22.7. The number of carbonyl (C=O) groups is 3. The van der Waals surface area contributed by atoms with Crippen molar-refractivity contribution in [2.75, 3.05) is 11.1 Å². The Labute approximate surface area is 278 Å². The summed E-state index contributed by atoms with van der Waals surface area (Å²) >= 11 is 1.57. The van der Waals surface area contributed by atoms with Crippen LogP contribution in [-0.2, 0) is 27.3 Å². The Hall–Kier alpha value is -4.48. The predicted molar refractivity (Wildman–Crippen MR) is 180 cm³/mol. The van der Waals surface area contributed by atoms with Crippen molar-refractivity contribution in [3.63, 3.8) is 0 Å². The molecule has 1 heterocycles. The molecule has 0 saturated carbocycles. The van der Waals surface area contributed by atoms with Crippen molar-refractivity contribution in [2.45, 2.75) is 56.3 Å². The van der Waals surface area contributed by atoms with Gasteiger partial charge in [-0.3, -0.25) is 4.79 Å². The maximum atomic E-state index is 13.0. The predicted octanol–water partition coefficient (Wildman–Crippen LogP) is 6.78. The van der Waals surface area contributed by atoms with E-state index in [1.807, 2.05) is 60.7 Å². The number of nitrogens with one attached hydrogen (secondary N) is 2. The fourth-order valence-electron chi connectivity index (χ4n) is 5.42. The second-order valence-corrected chi connectivity index (χ2v) is 12.6. The van der Waals surface area contributed by atoms with E-state index in [0.29, 0.717) is 23.4 Å². The van der Waals surface area contributed by atoms with Gasteiger partial charge in [-0.2, -0.15) is 0 Å². The van der Waals surface area contributed by atoms with Crippen LogP contribution in [0.4, 0.5) is 10.5 Å². The van der Waals surface area contributed by atoms with Crippen LogP contribution >= 0.6 is 11.8 Å². The van der Waals surface area contributed by atoms with Gasteiger partial charge in [-0.1, -0.05) is 73.7 Å².